The van der Waals surface area contributed by atoms with Crippen LogP contribution in [0.15, 0.2) is 24.3 Å². The van der Waals surface area contributed by atoms with Gasteiger partial charge in [0.15, 0.2) is 0 Å². The lowest BCUT2D eigenvalue weighted by Crippen LogP contribution is -2.46. The Hall–Kier alpha value is -1.33. The first kappa shape index (κ1) is 19.0. The summed E-state index contributed by atoms with van der Waals surface area (Å²) in [5, 5.41) is 0. The van der Waals surface area contributed by atoms with Crippen molar-refractivity contribution in [3.63, 3.8) is 0 Å². The van der Waals surface area contributed by atoms with Gasteiger partial charge in [0.2, 0.25) is 0 Å². The van der Waals surface area contributed by atoms with E-state index in [1.807, 2.05) is 84.6 Å². The molecular formula is C19H30BNO3. The number of hydrogen-bond donors (Lipinski definition) is 0. The monoisotopic (exact) mass is 331 g/mol. The topological polar surface area (TPSA) is 38.8 Å². The first-order valence-electron chi connectivity index (χ1n) is 8.75. The van der Waals surface area contributed by atoms with Crippen molar-refractivity contribution in [3.05, 3.63) is 29.8 Å². The highest BCUT2D eigenvalue weighted by molar-refractivity contribution is 6.63. The van der Waals surface area contributed by atoms with Crippen LogP contribution in [0.1, 0.15) is 65.7 Å². The Labute approximate surface area is 146 Å². The van der Waals surface area contributed by atoms with Crippen LogP contribution in [0.5, 0.6) is 0 Å². The van der Waals surface area contributed by atoms with Gasteiger partial charge in [0.05, 0.1) is 11.2 Å². The lowest BCUT2D eigenvalue weighted by atomic mass is 9.75. The minimum atomic E-state index is -0.531. The third-order valence-electron chi connectivity index (χ3n) is 5.05. The van der Waals surface area contributed by atoms with Crippen molar-refractivity contribution >= 4 is 18.5 Å². The molecule has 0 radical (unpaired) electrons. The second kappa shape index (κ2) is 6.53. The second-order valence-electron chi connectivity index (χ2n) is 8.08. The highest BCUT2D eigenvalue weighted by atomic mass is 16.7. The fourth-order valence-corrected chi connectivity index (χ4v) is 3.07. The third kappa shape index (κ3) is 3.38. The molecular weight excluding hydrogens is 301 g/mol. The predicted molar refractivity (Wildman–Crippen MR) is 98.6 cm³/mol. The van der Waals surface area contributed by atoms with E-state index in [0.717, 1.165) is 5.46 Å². The summed E-state index contributed by atoms with van der Waals surface area (Å²) in [6, 6.07) is 7.86. The van der Waals surface area contributed by atoms with Crippen LogP contribution in [0.25, 0.3) is 0 Å². The zero-order valence-electron chi connectivity index (χ0n) is 16.2. The van der Waals surface area contributed by atoms with Crippen LogP contribution in [-0.4, -0.2) is 41.2 Å². The number of rotatable bonds is 4. The molecule has 1 aliphatic heterocycles. The number of amides is 1. The van der Waals surface area contributed by atoms with Crippen LogP contribution >= 0.6 is 0 Å². The minimum absolute atomic E-state index is 0.0188. The van der Waals surface area contributed by atoms with E-state index < -0.39 is 18.3 Å². The molecule has 0 saturated carbocycles. The fourth-order valence-electron chi connectivity index (χ4n) is 3.07. The van der Waals surface area contributed by atoms with Crippen LogP contribution < -0.4 is 5.46 Å². The van der Waals surface area contributed by atoms with Gasteiger partial charge in [-0.25, -0.2) is 0 Å². The SMILES string of the molecule is CC(C)N(C(=O)c1ccccc1B1OC(C)(C)C(C)(C)O1)C(C)C. The van der Waals surface area contributed by atoms with E-state index in [0.29, 0.717) is 5.56 Å². The molecule has 1 aromatic carbocycles. The maximum atomic E-state index is 13.1. The fraction of sp³-hybridized carbons (Fsp3) is 0.632. The Morgan fingerprint density at radius 2 is 1.42 bits per heavy atom. The molecule has 5 heteroatoms. The summed E-state index contributed by atoms with van der Waals surface area (Å²) in [5.74, 6) is 0.0188. The zero-order valence-corrected chi connectivity index (χ0v) is 16.2. The van der Waals surface area contributed by atoms with Gasteiger partial charge in [-0.2, -0.15) is 0 Å². The molecule has 0 bridgehead atoms. The smallest absolute Gasteiger partial charge is 0.399 e. The normalized spacial score (nSPS) is 19.2. The summed E-state index contributed by atoms with van der Waals surface area (Å²) >= 11 is 0. The van der Waals surface area contributed by atoms with E-state index in [1.54, 1.807) is 0 Å². The van der Waals surface area contributed by atoms with Crippen molar-refractivity contribution in [2.75, 3.05) is 0 Å². The summed E-state index contributed by atoms with van der Waals surface area (Å²) < 4.78 is 12.3. The molecule has 2 rings (SSSR count). The molecule has 1 aromatic rings. The Bertz CT molecular complexity index is 586. The number of nitrogens with zero attached hydrogens (tertiary/aromatic N) is 1. The molecule has 1 heterocycles. The van der Waals surface area contributed by atoms with Crippen molar-refractivity contribution in [1.82, 2.24) is 4.90 Å². The Balaban J connectivity index is 2.41. The van der Waals surface area contributed by atoms with Crippen LogP contribution in [0, 0.1) is 0 Å². The maximum Gasteiger partial charge on any atom is 0.495 e. The van der Waals surface area contributed by atoms with E-state index in [9.17, 15) is 4.79 Å². The number of carbonyl (C=O) groups is 1. The van der Waals surface area contributed by atoms with Gasteiger partial charge in [-0.3, -0.25) is 4.79 Å². The standard InChI is InChI=1S/C19H30BNO3/c1-13(2)21(14(3)4)17(22)15-11-9-10-12-16(15)20-23-18(5,6)19(7,8)24-20/h9-14H,1-8H3. The molecule has 0 atom stereocenters. The first-order valence-corrected chi connectivity index (χ1v) is 8.75. The van der Waals surface area contributed by atoms with Gasteiger partial charge in [-0.1, -0.05) is 18.2 Å². The summed E-state index contributed by atoms with van der Waals surface area (Å²) in [5.41, 5.74) is 0.596. The molecule has 0 spiro atoms. The van der Waals surface area contributed by atoms with Crippen LogP contribution in [0.4, 0.5) is 0 Å². The second-order valence-corrected chi connectivity index (χ2v) is 8.08. The molecule has 132 valence electrons. The van der Waals surface area contributed by atoms with Gasteiger partial charge >= 0.3 is 7.12 Å². The van der Waals surface area contributed by atoms with Crippen LogP contribution in [-0.2, 0) is 9.31 Å². The Morgan fingerprint density at radius 1 is 0.958 bits per heavy atom. The van der Waals surface area contributed by atoms with E-state index in [-0.39, 0.29) is 18.0 Å². The molecule has 1 saturated heterocycles. The molecule has 4 nitrogen and oxygen atoms in total. The molecule has 0 aromatic heterocycles. The quantitative estimate of drug-likeness (QED) is 0.795. The van der Waals surface area contributed by atoms with Gasteiger partial charge in [-0.05, 0) is 66.9 Å². The molecule has 1 fully saturated rings. The minimum Gasteiger partial charge on any atom is -0.399 e. The zero-order chi connectivity index (χ0) is 18.3. The van der Waals surface area contributed by atoms with Crippen molar-refractivity contribution in [1.29, 1.82) is 0 Å². The van der Waals surface area contributed by atoms with E-state index in [2.05, 4.69) is 0 Å². The Morgan fingerprint density at radius 3 is 1.88 bits per heavy atom. The van der Waals surface area contributed by atoms with E-state index >= 15 is 0 Å². The van der Waals surface area contributed by atoms with Gasteiger partial charge in [-0.15, -0.1) is 0 Å². The number of carbonyl (C=O) groups excluding carboxylic acids is 1. The average molecular weight is 331 g/mol. The molecule has 0 unspecified atom stereocenters. The number of hydrogen-bond acceptors (Lipinski definition) is 3. The highest BCUT2D eigenvalue weighted by Gasteiger charge is 2.52. The van der Waals surface area contributed by atoms with Crippen molar-refractivity contribution < 1.29 is 14.1 Å². The molecule has 1 aliphatic rings. The van der Waals surface area contributed by atoms with Crippen LogP contribution in [0.3, 0.4) is 0 Å². The lowest BCUT2D eigenvalue weighted by molar-refractivity contribution is 0.00578. The van der Waals surface area contributed by atoms with E-state index in [1.165, 1.54) is 0 Å². The maximum absolute atomic E-state index is 13.1. The molecule has 0 aliphatic carbocycles. The van der Waals surface area contributed by atoms with Gasteiger partial charge < -0.3 is 14.2 Å². The van der Waals surface area contributed by atoms with Gasteiger partial charge in [0.25, 0.3) is 5.91 Å². The molecule has 24 heavy (non-hydrogen) atoms. The Kier molecular flexibility index (Phi) is 5.17. The number of benzene rings is 1. The van der Waals surface area contributed by atoms with Gasteiger partial charge in [0, 0.05) is 17.6 Å². The first-order chi connectivity index (χ1) is 11.0. The largest absolute Gasteiger partial charge is 0.495 e. The predicted octanol–water partition coefficient (Wildman–Crippen LogP) is 3.24. The highest BCUT2D eigenvalue weighted by Crippen LogP contribution is 2.36. The molecule has 1 amide bonds. The van der Waals surface area contributed by atoms with Crippen molar-refractivity contribution in [2.24, 2.45) is 0 Å². The molecule has 0 N–H and O–H groups in total. The van der Waals surface area contributed by atoms with Gasteiger partial charge in [0.1, 0.15) is 0 Å². The summed E-state index contributed by atoms with van der Waals surface area (Å²) in [6.45, 7) is 16.2. The average Bonchev–Trinajstić information content (AvgIpc) is 2.66. The summed E-state index contributed by atoms with van der Waals surface area (Å²) in [6.07, 6.45) is 0. The third-order valence-corrected chi connectivity index (χ3v) is 5.05. The van der Waals surface area contributed by atoms with Crippen molar-refractivity contribution in [3.8, 4) is 0 Å². The lowest BCUT2D eigenvalue weighted by Gasteiger charge is -2.32. The summed E-state index contributed by atoms with van der Waals surface area (Å²) in [7, 11) is -0.531. The van der Waals surface area contributed by atoms with Crippen molar-refractivity contribution in [2.45, 2.75) is 78.7 Å². The van der Waals surface area contributed by atoms with Crippen LogP contribution in [0.2, 0.25) is 0 Å². The van der Waals surface area contributed by atoms with E-state index in [4.69, 9.17) is 9.31 Å². The summed E-state index contributed by atoms with van der Waals surface area (Å²) in [4.78, 5) is 15.0.